The van der Waals surface area contributed by atoms with Gasteiger partial charge in [-0.25, -0.2) is 0 Å². The molecule has 0 spiro atoms. The van der Waals surface area contributed by atoms with E-state index < -0.39 is 17.7 Å². The van der Waals surface area contributed by atoms with Gasteiger partial charge in [0.05, 0.1) is 28.3 Å². The van der Waals surface area contributed by atoms with Crippen LogP contribution in [0.25, 0.3) is 5.76 Å². The maximum atomic E-state index is 13.1. The van der Waals surface area contributed by atoms with Gasteiger partial charge in [0.1, 0.15) is 11.5 Å². The van der Waals surface area contributed by atoms with Crippen LogP contribution in [0.4, 0.5) is 0 Å². The van der Waals surface area contributed by atoms with Gasteiger partial charge in [-0.1, -0.05) is 43.1 Å². The number of nitrogens with zero attached hydrogens (tertiary/aromatic N) is 1. The molecule has 0 saturated carbocycles. The van der Waals surface area contributed by atoms with Crippen LogP contribution in [0, 0.1) is 12.8 Å². The van der Waals surface area contributed by atoms with E-state index >= 15 is 0 Å². The van der Waals surface area contributed by atoms with E-state index in [-0.39, 0.29) is 17.9 Å². The van der Waals surface area contributed by atoms with E-state index in [1.54, 1.807) is 43.5 Å². The summed E-state index contributed by atoms with van der Waals surface area (Å²) in [5, 5.41) is 11.9. The first kappa shape index (κ1) is 26.1. The Hall–Kier alpha value is -2.54. The molecule has 1 aliphatic heterocycles. The van der Waals surface area contributed by atoms with Crippen LogP contribution in [0.3, 0.4) is 0 Å². The van der Waals surface area contributed by atoms with E-state index in [0.717, 1.165) is 5.56 Å². The third-order valence-electron chi connectivity index (χ3n) is 5.57. The first-order valence-electron chi connectivity index (χ1n) is 11.1. The number of aliphatic hydroxyl groups is 1. The molecule has 0 aliphatic carbocycles. The molecule has 34 heavy (non-hydrogen) atoms. The van der Waals surface area contributed by atoms with E-state index in [0.29, 0.717) is 52.5 Å². The first-order chi connectivity index (χ1) is 16.1. The van der Waals surface area contributed by atoms with E-state index in [1.165, 1.54) is 4.90 Å². The summed E-state index contributed by atoms with van der Waals surface area (Å²) in [5.41, 5.74) is 1.83. The molecule has 1 amide bonds. The largest absolute Gasteiger partial charge is 0.507 e. The molecular weight excluding hydrogens is 477 g/mol. The third kappa shape index (κ3) is 5.57. The highest BCUT2D eigenvalue weighted by molar-refractivity contribution is 6.46. The predicted molar refractivity (Wildman–Crippen MR) is 133 cm³/mol. The van der Waals surface area contributed by atoms with E-state index in [2.05, 4.69) is 13.8 Å². The molecule has 182 valence electrons. The maximum Gasteiger partial charge on any atom is 0.295 e. The van der Waals surface area contributed by atoms with Crippen molar-refractivity contribution in [3.8, 4) is 5.75 Å². The fraction of sp³-hybridized carbons (Fsp3) is 0.385. The Morgan fingerprint density at radius 1 is 1.12 bits per heavy atom. The van der Waals surface area contributed by atoms with Crippen LogP contribution in [0.15, 0.2) is 42.0 Å². The minimum Gasteiger partial charge on any atom is -0.507 e. The van der Waals surface area contributed by atoms with Crippen molar-refractivity contribution in [3.05, 3.63) is 68.7 Å². The van der Waals surface area contributed by atoms with Crippen molar-refractivity contribution in [1.29, 1.82) is 0 Å². The van der Waals surface area contributed by atoms with E-state index in [4.69, 9.17) is 32.7 Å². The number of aryl methyl sites for hydroxylation is 1. The predicted octanol–water partition coefficient (Wildman–Crippen LogP) is 5.79. The second kappa shape index (κ2) is 11.3. The van der Waals surface area contributed by atoms with Crippen LogP contribution in [-0.2, 0) is 14.3 Å². The number of aliphatic hydroxyl groups excluding tert-OH is 1. The number of carbonyl (C=O) groups is 2. The lowest BCUT2D eigenvalue weighted by Gasteiger charge is -2.25. The molecular formula is C26H29Cl2NO5. The Morgan fingerprint density at radius 3 is 2.47 bits per heavy atom. The fourth-order valence-electron chi connectivity index (χ4n) is 3.89. The van der Waals surface area contributed by atoms with Gasteiger partial charge in [0.2, 0.25) is 0 Å². The zero-order valence-electron chi connectivity index (χ0n) is 19.7. The van der Waals surface area contributed by atoms with E-state index in [1.807, 2.05) is 6.92 Å². The lowest BCUT2D eigenvalue weighted by molar-refractivity contribution is -0.140. The van der Waals surface area contributed by atoms with Crippen LogP contribution >= 0.6 is 23.2 Å². The number of carbonyl (C=O) groups excluding carboxylic acids is 2. The molecule has 0 aromatic heterocycles. The molecule has 1 aliphatic rings. The second-order valence-corrected chi connectivity index (χ2v) is 9.51. The Balaban J connectivity index is 2.08. The molecule has 1 saturated heterocycles. The Labute approximate surface area is 210 Å². The summed E-state index contributed by atoms with van der Waals surface area (Å²) in [4.78, 5) is 27.5. The van der Waals surface area contributed by atoms with Gasteiger partial charge in [-0.2, -0.15) is 0 Å². The number of Topliss-reactive ketones (excluding diaryl/α,β-unsaturated/α-hetero) is 1. The van der Waals surface area contributed by atoms with Gasteiger partial charge in [-0.05, 0) is 60.7 Å². The summed E-state index contributed by atoms with van der Waals surface area (Å²) in [7, 11) is 1.57. The van der Waals surface area contributed by atoms with Crippen molar-refractivity contribution in [1.82, 2.24) is 4.90 Å². The molecule has 8 heteroatoms. The molecule has 2 aromatic rings. The van der Waals surface area contributed by atoms with Crippen molar-refractivity contribution in [3.63, 3.8) is 0 Å². The van der Waals surface area contributed by atoms with Crippen LogP contribution in [-0.4, -0.2) is 48.6 Å². The molecule has 1 atom stereocenters. The Kier molecular flexibility index (Phi) is 8.63. The summed E-state index contributed by atoms with van der Waals surface area (Å²) in [6.45, 7) is 7.26. The highest BCUT2D eigenvalue weighted by atomic mass is 35.5. The maximum absolute atomic E-state index is 13.1. The summed E-state index contributed by atoms with van der Waals surface area (Å²) in [5.74, 6) is -0.604. The van der Waals surface area contributed by atoms with Gasteiger partial charge in [0, 0.05) is 25.8 Å². The number of hydrogen-bond acceptors (Lipinski definition) is 5. The number of benzene rings is 2. The van der Waals surface area contributed by atoms with Crippen molar-refractivity contribution in [2.24, 2.45) is 5.92 Å². The highest BCUT2D eigenvalue weighted by Crippen LogP contribution is 2.41. The molecule has 1 fully saturated rings. The van der Waals surface area contributed by atoms with Gasteiger partial charge < -0.3 is 19.5 Å². The molecule has 1 N–H and O–H groups in total. The van der Waals surface area contributed by atoms with Gasteiger partial charge >= 0.3 is 0 Å². The molecule has 1 unspecified atom stereocenters. The van der Waals surface area contributed by atoms with E-state index in [9.17, 15) is 14.7 Å². The number of ether oxygens (including phenoxy) is 2. The average molecular weight is 506 g/mol. The van der Waals surface area contributed by atoms with Gasteiger partial charge in [-0.3, -0.25) is 9.59 Å². The Bertz CT molecular complexity index is 1110. The molecule has 2 aromatic carbocycles. The number of ketones is 1. The topological polar surface area (TPSA) is 76.1 Å². The van der Waals surface area contributed by atoms with Gasteiger partial charge in [-0.15, -0.1) is 0 Å². The number of hydrogen-bond donors (Lipinski definition) is 1. The fourth-order valence-corrected chi connectivity index (χ4v) is 4.20. The highest BCUT2D eigenvalue weighted by Gasteiger charge is 2.46. The van der Waals surface area contributed by atoms with Crippen LogP contribution in [0.1, 0.15) is 43.0 Å². The molecule has 6 nitrogen and oxygen atoms in total. The summed E-state index contributed by atoms with van der Waals surface area (Å²) in [6.07, 6.45) is 0.530. The first-order valence-corrected chi connectivity index (χ1v) is 11.9. The summed E-state index contributed by atoms with van der Waals surface area (Å²) >= 11 is 12.3. The zero-order valence-corrected chi connectivity index (χ0v) is 21.2. The lowest BCUT2D eigenvalue weighted by Crippen LogP contribution is -2.31. The summed E-state index contributed by atoms with van der Waals surface area (Å²) in [6, 6.07) is 9.32. The van der Waals surface area contributed by atoms with Gasteiger partial charge in [0.25, 0.3) is 11.7 Å². The normalized spacial score (nSPS) is 17.6. The SMILES string of the molecule is COCCCN1C(=O)C(=O)C(=C(O)c2ccc(OCC(C)C)c(C)c2)C1c1ccc(Cl)c(Cl)c1. The third-order valence-corrected chi connectivity index (χ3v) is 6.31. The van der Waals surface area contributed by atoms with Crippen molar-refractivity contribution in [2.75, 3.05) is 26.9 Å². The number of amides is 1. The van der Waals surface area contributed by atoms with Crippen molar-refractivity contribution in [2.45, 2.75) is 33.2 Å². The number of halogens is 2. The number of methoxy groups -OCH3 is 1. The molecule has 3 rings (SSSR count). The number of likely N-dealkylation sites (tertiary alicyclic amines) is 1. The quantitative estimate of drug-likeness (QED) is 0.202. The van der Waals surface area contributed by atoms with Crippen LogP contribution in [0.2, 0.25) is 10.0 Å². The minimum atomic E-state index is -0.802. The zero-order chi connectivity index (χ0) is 25.0. The molecule has 1 heterocycles. The van der Waals surface area contributed by atoms with Crippen molar-refractivity contribution >= 4 is 40.7 Å². The van der Waals surface area contributed by atoms with Crippen LogP contribution in [0.5, 0.6) is 5.75 Å². The summed E-state index contributed by atoms with van der Waals surface area (Å²) < 4.78 is 10.9. The number of rotatable bonds is 9. The molecule has 0 bridgehead atoms. The van der Waals surface area contributed by atoms with Crippen LogP contribution < -0.4 is 4.74 Å². The molecule has 0 radical (unpaired) electrons. The Morgan fingerprint density at radius 2 is 1.85 bits per heavy atom. The van der Waals surface area contributed by atoms with Crippen molar-refractivity contribution < 1.29 is 24.2 Å². The van der Waals surface area contributed by atoms with Gasteiger partial charge in [0.15, 0.2) is 0 Å². The standard InChI is InChI=1S/C26H29Cl2NO5/c1-15(2)14-34-21-9-7-18(12-16(21)3)24(30)22-23(17-6-8-19(27)20(28)13-17)29(10-5-11-33-4)26(32)25(22)31/h6-9,12-13,15,23,30H,5,10-11,14H2,1-4H3. The monoisotopic (exact) mass is 505 g/mol. The average Bonchev–Trinajstić information content (AvgIpc) is 3.04. The lowest BCUT2D eigenvalue weighted by atomic mass is 9.94. The smallest absolute Gasteiger partial charge is 0.295 e. The minimum absolute atomic E-state index is 0.0102. The second-order valence-electron chi connectivity index (χ2n) is 8.70.